The molecule has 0 bridgehead atoms. The third-order valence-electron chi connectivity index (χ3n) is 3.28. The average Bonchev–Trinajstić information content (AvgIpc) is 2.99. The highest BCUT2D eigenvalue weighted by Gasteiger charge is 2.28. The van der Waals surface area contributed by atoms with Crippen LogP contribution in [0.15, 0.2) is 0 Å². The van der Waals surface area contributed by atoms with Crippen LogP contribution in [0.5, 0.6) is 0 Å². The van der Waals surface area contributed by atoms with E-state index in [0.717, 1.165) is 37.7 Å². The number of rotatable bonds is 2. The summed E-state index contributed by atoms with van der Waals surface area (Å²) in [7, 11) is 0. The van der Waals surface area contributed by atoms with Crippen LogP contribution in [0.3, 0.4) is 0 Å². The van der Waals surface area contributed by atoms with Crippen molar-refractivity contribution in [2.45, 2.75) is 37.6 Å². The van der Waals surface area contributed by atoms with Crippen molar-refractivity contribution in [3.05, 3.63) is 5.82 Å². The summed E-state index contributed by atoms with van der Waals surface area (Å²) in [6, 6.07) is 0.364. The fourth-order valence-corrected chi connectivity index (χ4v) is 2.05. The molecule has 1 aliphatic heterocycles. The lowest BCUT2D eigenvalue weighted by atomic mass is 10.1. The molecular formula is C10H17N5. The Morgan fingerprint density at radius 1 is 1.20 bits per heavy atom. The van der Waals surface area contributed by atoms with E-state index >= 15 is 0 Å². The zero-order chi connectivity index (χ0) is 10.3. The highest BCUT2D eigenvalue weighted by molar-refractivity contribution is 5.30. The summed E-state index contributed by atoms with van der Waals surface area (Å²) in [4.78, 5) is 6.77. The van der Waals surface area contributed by atoms with Gasteiger partial charge in [-0.25, -0.2) is 0 Å². The van der Waals surface area contributed by atoms with E-state index in [4.69, 9.17) is 5.73 Å². The Labute approximate surface area is 89.1 Å². The van der Waals surface area contributed by atoms with E-state index in [0.29, 0.717) is 12.0 Å². The first-order chi connectivity index (χ1) is 7.33. The fraction of sp³-hybridized carbons (Fsp3) is 0.800. The first kappa shape index (κ1) is 9.15. The van der Waals surface area contributed by atoms with Gasteiger partial charge >= 0.3 is 0 Å². The molecule has 1 aromatic heterocycles. The van der Waals surface area contributed by atoms with Crippen LogP contribution >= 0.6 is 0 Å². The van der Waals surface area contributed by atoms with Gasteiger partial charge in [0.15, 0.2) is 0 Å². The molecule has 1 saturated heterocycles. The molecule has 2 fully saturated rings. The molecule has 82 valence electrons. The third kappa shape index (κ3) is 1.84. The molecule has 5 heteroatoms. The SMILES string of the molecule is NC1CCN(c2n[nH]c(C3CC3)n2)CC1. The number of piperidine rings is 1. The molecule has 15 heavy (non-hydrogen) atoms. The fourth-order valence-electron chi connectivity index (χ4n) is 2.05. The number of nitrogens with zero attached hydrogens (tertiary/aromatic N) is 3. The van der Waals surface area contributed by atoms with E-state index < -0.39 is 0 Å². The van der Waals surface area contributed by atoms with Gasteiger partial charge in [0.05, 0.1) is 0 Å². The molecule has 0 unspecified atom stereocenters. The van der Waals surface area contributed by atoms with Gasteiger partial charge in [0.2, 0.25) is 5.95 Å². The largest absolute Gasteiger partial charge is 0.339 e. The molecule has 3 rings (SSSR count). The smallest absolute Gasteiger partial charge is 0.244 e. The molecule has 1 saturated carbocycles. The molecule has 0 amide bonds. The van der Waals surface area contributed by atoms with Gasteiger partial charge in [-0.05, 0) is 25.7 Å². The molecule has 0 atom stereocenters. The normalized spacial score (nSPS) is 23.4. The summed E-state index contributed by atoms with van der Waals surface area (Å²) >= 11 is 0. The summed E-state index contributed by atoms with van der Waals surface area (Å²) < 4.78 is 0. The van der Waals surface area contributed by atoms with Crippen LogP contribution in [0.4, 0.5) is 5.95 Å². The van der Waals surface area contributed by atoms with Gasteiger partial charge in [0.1, 0.15) is 5.82 Å². The number of aromatic amines is 1. The second-order valence-corrected chi connectivity index (χ2v) is 4.62. The Morgan fingerprint density at radius 3 is 2.60 bits per heavy atom. The minimum Gasteiger partial charge on any atom is -0.339 e. The highest BCUT2D eigenvalue weighted by Crippen LogP contribution is 2.38. The standard InChI is InChI=1S/C10H17N5/c11-8-3-5-15(6-4-8)10-12-9(13-14-10)7-1-2-7/h7-8H,1-6,11H2,(H,12,13,14). The van der Waals surface area contributed by atoms with Crippen LogP contribution in [0.25, 0.3) is 0 Å². The number of H-pyrrole nitrogens is 1. The van der Waals surface area contributed by atoms with E-state index in [-0.39, 0.29) is 0 Å². The Hall–Kier alpha value is -1.10. The zero-order valence-electron chi connectivity index (χ0n) is 8.82. The number of nitrogens with one attached hydrogen (secondary N) is 1. The van der Waals surface area contributed by atoms with E-state index in [9.17, 15) is 0 Å². The van der Waals surface area contributed by atoms with Crippen LogP contribution in [0.2, 0.25) is 0 Å². The van der Waals surface area contributed by atoms with E-state index in [1.807, 2.05) is 0 Å². The molecule has 3 N–H and O–H groups in total. The predicted octanol–water partition coefficient (Wildman–Crippen LogP) is 0.610. The quantitative estimate of drug-likeness (QED) is 0.745. The number of aromatic nitrogens is 3. The second-order valence-electron chi connectivity index (χ2n) is 4.62. The van der Waals surface area contributed by atoms with Crippen molar-refractivity contribution in [1.82, 2.24) is 15.2 Å². The van der Waals surface area contributed by atoms with Gasteiger partial charge < -0.3 is 10.6 Å². The predicted molar refractivity (Wildman–Crippen MR) is 57.8 cm³/mol. The van der Waals surface area contributed by atoms with Gasteiger partial charge in [-0.2, -0.15) is 4.98 Å². The van der Waals surface area contributed by atoms with Crippen LogP contribution in [0, 0.1) is 0 Å². The maximum atomic E-state index is 5.86. The number of hydrogen-bond donors (Lipinski definition) is 2. The number of nitrogens with two attached hydrogens (primary N) is 1. The van der Waals surface area contributed by atoms with Gasteiger partial charge in [0.25, 0.3) is 0 Å². The molecule has 2 aliphatic rings. The average molecular weight is 207 g/mol. The van der Waals surface area contributed by atoms with Crippen LogP contribution in [-0.2, 0) is 0 Å². The minimum absolute atomic E-state index is 0.364. The zero-order valence-corrected chi connectivity index (χ0v) is 8.82. The van der Waals surface area contributed by atoms with Crippen LogP contribution in [-0.4, -0.2) is 34.3 Å². The second kappa shape index (κ2) is 3.48. The lowest BCUT2D eigenvalue weighted by molar-refractivity contribution is 0.496. The summed E-state index contributed by atoms with van der Waals surface area (Å²) in [5.74, 6) is 2.59. The summed E-state index contributed by atoms with van der Waals surface area (Å²) in [6.45, 7) is 1.98. The molecule has 2 heterocycles. The monoisotopic (exact) mass is 207 g/mol. The lowest BCUT2D eigenvalue weighted by Gasteiger charge is -2.28. The van der Waals surface area contributed by atoms with Crippen molar-refractivity contribution in [2.24, 2.45) is 5.73 Å². The van der Waals surface area contributed by atoms with E-state index in [2.05, 4.69) is 20.1 Å². The Morgan fingerprint density at radius 2 is 1.93 bits per heavy atom. The van der Waals surface area contributed by atoms with Gasteiger partial charge in [-0.3, -0.25) is 5.10 Å². The van der Waals surface area contributed by atoms with Crippen LogP contribution in [0.1, 0.15) is 37.4 Å². The Kier molecular flexibility index (Phi) is 2.12. The lowest BCUT2D eigenvalue weighted by Crippen LogP contribution is -2.40. The first-order valence-corrected chi connectivity index (χ1v) is 5.76. The molecule has 0 aromatic carbocycles. The number of anilines is 1. The Bertz CT molecular complexity index is 335. The molecule has 1 aliphatic carbocycles. The van der Waals surface area contributed by atoms with Gasteiger partial charge in [0, 0.05) is 25.0 Å². The van der Waals surface area contributed by atoms with Gasteiger partial charge in [-0.1, -0.05) is 0 Å². The van der Waals surface area contributed by atoms with Crippen molar-refractivity contribution < 1.29 is 0 Å². The first-order valence-electron chi connectivity index (χ1n) is 5.76. The highest BCUT2D eigenvalue weighted by atomic mass is 15.4. The Balaban J connectivity index is 1.69. The maximum Gasteiger partial charge on any atom is 0.244 e. The van der Waals surface area contributed by atoms with Crippen molar-refractivity contribution in [3.63, 3.8) is 0 Å². The summed E-state index contributed by atoms with van der Waals surface area (Å²) in [6.07, 6.45) is 4.62. The molecule has 1 aromatic rings. The summed E-state index contributed by atoms with van der Waals surface area (Å²) in [5, 5.41) is 7.32. The van der Waals surface area contributed by atoms with E-state index in [1.54, 1.807) is 0 Å². The number of hydrogen-bond acceptors (Lipinski definition) is 4. The van der Waals surface area contributed by atoms with Crippen LogP contribution < -0.4 is 10.6 Å². The minimum atomic E-state index is 0.364. The van der Waals surface area contributed by atoms with Crippen molar-refractivity contribution in [1.29, 1.82) is 0 Å². The third-order valence-corrected chi connectivity index (χ3v) is 3.28. The molecular weight excluding hydrogens is 190 g/mol. The molecule has 0 spiro atoms. The van der Waals surface area contributed by atoms with Gasteiger partial charge in [-0.15, -0.1) is 5.10 Å². The topological polar surface area (TPSA) is 70.8 Å². The van der Waals surface area contributed by atoms with Crippen molar-refractivity contribution >= 4 is 5.95 Å². The maximum absolute atomic E-state index is 5.86. The summed E-state index contributed by atoms with van der Waals surface area (Å²) in [5.41, 5.74) is 5.86. The van der Waals surface area contributed by atoms with Crippen molar-refractivity contribution in [2.75, 3.05) is 18.0 Å². The molecule has 0 radical (unpaired) electrons. The van der Waals surface area contributed by atoms with Crippen molar-refractivity contribution in [3.8, 4) is 0 Å². The van der Waals surface area contributed by atoms with E-state index in [1.165, 1.54) is 12.8 Å². The molecule has 5 nitrogen and oxygen atoms in total.